The highest BCUT2D eigenvalue weighted by Crippen LogP contribution is 2.22. The smallest absolute Gasteiger partial charge is 0.255 e. The Bertz CT molecular complexity index is 831. The van der Waals surface area contributed by atoms with Gasteiger partial charge in [-0.05, 0) is 78.3 Å². The number of anilines is 1. The van der Waals surface area contributed by atoms with Gasteiger partial charge in [0.2, 0.25) is 0 Å². The number of rotatable bonds is 3. The Hall–Kier alpha value is -2.33. The van der Waals surface area contributed by atoms with Gasteiger partial charge >= 0.3 is 0 Å². The Morgan fingerprint density at radius 2 is 1.52 bits per heavy atom. The second-order valence-corrected chi connectivity index (χ2v) is 6.29. The fourth-order valence-corrected chi connectivity index (χ4v) is 2.98. The van der Waals surface area contributed by atoms with E-state index in [1.54, 1.807) is 0 Å². The predicted octanol–water partition coefficient (Wildman–Crippen LogP) is 5.11. The maximum Gasteiger partial charge on any atom is 0.255 e. The van der Waals surface area contributed by atoms with E-state index in [1.807, 2.05) is 48.5 Å². The number of amides is 1. The molecule has 23 heavy (non-hydrogen) atoms. The summed E-state index contributed by atoms with van der Waals surface area (Å²) in [5, 5.41) is 2.91. The Kier molecular flexibility index (Phi) is 4.35. The summed E-state index contributed by atoms with van der Waals surface area (Å²) >= 11 is 3.43. The first-order valence-corrected chi connectivity index (χ1v) is 8.17. The topological polar surface area (TPSA) is 34.0 Å². The molecule has 0 atom stereocenters. The maximum atomic E-state index is 12.4. The van der Waals surface area contributed by atoms with Crippen LogP contribution in [0, 0.1) is 13.8 Å². The molecular weight excluding hydrogens is 352 g/mol. The number of para-hydroxylation sites is 1. The number of nitrogens with one attached hydrogen (secondary N) is 1. The van der Waals surface area contributed by atoms with Crippen molar-refractivity contribution in [2.24, 2.45) is 0 Å². The minimum atomic E-state index is -0.121. The molecule has 0 spiro atoms. The summed E-state index contributed by atoms with van der Waals surface area (Å²) in [6, 6.07) is 19.4. The normalized spacial score (nSPS) is 10.6. The molecule has 1 N–H and O–H groups in total. The van der Waals surface area contributed by atoms with Crippen molar-refractivity contribution >= 4 is 27.5 Å². The van der Waals surface area contributed by atoms with E-state index in [0.717, 1.165) is 15.8 Å². The van der Waals surface area contributed by atoms with Crippen molar-refractivity contribution in [3.63, 3.8) is 0 Å². The molecule has 2 aromatic carbocycles. The van der Waals surface area contributed by atoms with Crippen LogP contribution in [0.5, 0.6) is 0 Å². The van der Waals surface area contributed by atoms with Crippen LogP contribution in [-0.4, -0.2) is 10.5 Å². The van der Waals surface area contributed by atoms with E-state index >= 15 is 0 Å². The lowest BCUT2D eigenvalue weighted by molar-refractivity contribution is 0.102. The Labute approximate surface area is 144 Å². The first kappa shape index (κ1) is 15.6. The van der Waals surface area contributed by atoms with Crippen molar-refractivity contribution in [2.75, 3.05) is 5.32 Å². The molecule has 1 amide bonds. The predicted molar refractivity (Wildman–Crippen MR) is 97.3 cm³/mol. The lowest BCUT2D eigenvalue weighted by atomic mass is 10.2. The van der Waals surface area contributed by atoms with Crippen LogP contribution >= 0.6 is 15.9 Å². The standard InChI is InChI=1S/C19H17BrN2O/c1-13-7-8-14(2)22(13)16-11-9-15(10-12-16)19(23)21-18-6-4-3-5-17(18)20/h3-12H,1-2H3,(H,21,23). The summed E-state index contributed by atoms with van der Waals surface area (Å²) in [4.78, 5) is 12.4. The average Bonchev–Trinajstić information content (AvgIpc) is 2.88. The molecule has 0 saturated carbocycles. The zero-order valence-electron chi connectivity index (χ0n) is 13.0. The molecular formula is C19H17BrN2O. The van der Waals surface area contributed by atoms with Crippen molar-refractivity contribution in [2.45, 2.75) is 13.8 Å². The number of carbonyl (C=O) groups excluding carboxylic acids is 1. The van der Waals surface area contributed by atoms with Gasteiger partial charge in [0.05, 0.1) is 5.69 Å². The fraction of sp³-hybridized carbons (Fsp3) is 0.105. The number of aromatic nitrogens is 1. The zero-order valence-corrected chi connectivity index (χ0v) is 14.6. The number of hydrogen-bond acceptors (Lipinski definition) is 1. The lowest BCUT2D eigenvalue weighted by Gasteiger charge is -2.11. The van der Waals surface area contributed by atoms with E-state index in [4.69, 9.17) is 0 Å². The molecule has 0 saturated heterocycles. The zero-order chi connectivity index (χ0) is 16.4. The minimum absolute atomic E-state index is 0.121. The third kappa shape index (κ3) is 3.22. The molecule has 0 aliphatic rings. The van der Waals surface area contributed by atoms with Gasteiger partial charge in [0.1, 0.15) is 0 Å². The molecule has 3 aromatic rings. The number of carbonyl (C=O) groups is 1. The fourth-order valence-electron chi connectivity index (χ4n) is 2.59. The van der Waals surface area contributed by atoms with Crippen molar-refractivity contribution in [1.82, 2.24) is 4.57 Å². The van der Waals surface area contributed by atoms with Gasteiger partial charge in [-0.25, -0.2) is 0 Å². The molecule has 1 aromatic heterocycles. The molecule has 0 radical (unpaired) electrons. The molecule has 0 bridgehead atoms. The number of hydrogen-bond donors (Lipinski definition) is 1. The molecule has 0 aliphatic heterocycles. The minimum Gasteiger partial charge on any atom is -0.321 e. The largest absolute Gasteiger partial charge is 0.321 e. The maximum absolute atomic E-state index is 12.4. The van der Waals surface area contributed by atoms with Gasteiger partial charge in [-0.15, -0.1) is 0 Å². The van der Waals surface area contributed by atoms with E-state index in [2.05, 4.69) is 51.8 Å². The summed E-state index contributed by atoms with van der Waals surface area (Å²) < 4.78 is 3.03. The van der Waals surface area contributed by atoms with Crippen molar-refractivity contribution in [1.29, 1.82) is 0 Å². The third-order valence-corrected chi connectivity index (χ3v) is 4.47. The Morgan fingerprint density at radius 1 is 0.913 bits per heavy atom. The van der Waals surface area contributed by atoms with Crippen LogP contribution in [0.2, 0.25) is 0 Å². The Balaban J connectivity index is 1.82. The number of benzene rings is 2. The summed E-state index contributed by atoms with van der Waals surface area (Å²) in [6.45, 7) is 4.14. The van der Waals surface area contributed by atoms with Crippen LogP contribution in [0.3, 0.4) is 0 Å². The summed E-state index contributed by atoms with van der Waals surface area (Å²) in [5.74, 6) is -0.121. The van der Waals surface area contributed by atoms with Gasteiger partial charge in [0.15, 0.2) is 0 Å². The monoisotopic (exact) mass is 368 g/mol. The van der Waals surface area contributed by atoms with E-state index < -0.39 is 0 Å². The molecule has 0 fully saturated rings. The second-order valence-electron chi connectivity index (χ2n) is 5.43. The summed E-state index contributed by atoms with van der Waals surface area (Å²) in [6.07, 6.45) is 0. The van der Waals surface area contributed by atoms with E-state index in [-0.39, 0.29) is 5.91 Å². The van der Waals surface area contributed by atoms with Gasteiger partial charge in [-0.2, -0.15) is 0 Å². The van der Waals surface area contributed by atoms with Crippen LogP contribution in [-0.2, 0) is 0 Å². The number of nitrogens with zero attached hydrogens (tertiary/aromatic N) is 1. The Morgan fingerprint density at radius 3 is 2.13 bits per heavy atom. The first-order chi connectivity index (χ1) is 11.1. The van der Waals surface area contributed by atoms with Crippen molar-refractivity contribution in [3.05, 3.63) is 82.1 Å². The molecule has 0 unspecified atom stereocenters. The van der Waals surface area contributed by atoms with Gasteiger partial charge in [-0.1, -0.05) is 12.1 Å². The van der Waals surface area contributed by atoms with Crippen LogP contribution < -0.4 is 5.32 Å². The molecule has 0 aliphatic carbocycles. The molecule has 1 heterocycles. The van der Waals surface area contributed by atoms with Crippen LogP contribution in [0.4, 0.5) is 5.69 Å². The average molecular weight is 369 g/mol. The lowest BCUT2D eigenvalue weighted by Crippen LogP contribution is -2.12. The SMILES string of the molecule is Cc1ccc(C)n1-c1ccc(C(=O)Nc2ccccc2Br)cc1. The van der Waals surface area contributed by atoms with E-state index in [0.29, 0.717) is 5.56 Å². The highest BCUT2D eigenvalue weighted by molar-refractivity contribution is 9.10. The van der Waals surface area contributed by atoms with Crippen molar-refractivity contribution < 1.29 is 4.79 Å². The van der Waals surface area contributed by atoms with Gasteiger partial charge in [0, 0.05) is 27.1 Å². The quantitative estimate of drug-likeness (QED) is 0.684. The first-order valence-electron chi connectivity index (χ1n) is 7.37. The second kappa shape index (κ2) is 6.42. The number of halogens is 1. The van der Waals surface area contributed by atoms with Gasteiger partial charge in [0.25, 0.3) is 5.91 Å². The summed E-state index contributed by atoms with van der Waals surface area (Å²) in [5.41, 5.74) is 4.80. The molecule has 3 rings (SSSR count). The third-order valence-electron chi connectivity index (χ3n) is 3.78. The number of aryl methyl sites for hydroxylation is 2. The highest BCUT2D eigenvalue weighted by atomic mass is 79.9. The van der Waals surface area contributed by atoms with Crippen molar-refractivity contribution in [3.8, 4) is 5.69 Å². The summed E-state index contributed by atoms with van der Waals surface area (Å²) in [7, 11) is 0. The molecule has 116 valence electrons. The van der Waals surface area contributed by atoms with Gasteiger partial charge in [-0.3, -0.25) is 4.79 Å². The molecule has 3 nitrogen and oxygen atoms in total. The van der Waals surface area contributed by atoms with E-state index in [9.17, 15) is 4.79 Å². The van der Waals surface area contributed by atoms with Crippen LogP contribution in [0.25, 0.3) is 5.69 Å². The molecule has 4 heteroatoms. The van der Waals surface area contributed by atoms with Crippen LogP contribution in [0.15, 0.2) is 65.1 Å². The van der Waals surface area contributed by atoms with Gasteiger partial charge < -0.3 is 9.88 Å². The van der Waals surface area contributed by atoms with Crippen LogP contribution in [0.1, 0.15) is 21.7 Å². The highest BCUT2D eigenvalue weighted by Gasteiger charge is 2.09. The van der Waals surface area contributed by atoms with E-state index in [1.165, 1.54) is 11.4 Å².